The van der Waals surface area contributed by atoms with Crippen molar-refractivity contribution in [3.05, 3.63) is 71.4 Å². The molecule has 3 rings (SSSR count). The molecular weight excluding hydrogens is 324 g/mol. The molecule has 3 aromatic rings. The molecule has 4 nitrogen and oxygen atoms in total. The van der Waals surface area contributed by atoms with Gasteiger partial charge in [0.15, 0.2) is 0 Å². The largest absolute Gasteiger partial charge is 0.508 e. The van der Waals surface area contributed by atoms with Gasteiger partial charge in [-0.25, -0.2) is 0 Å². The lowest BCUT2D eigenvalue weighted by Gasteiger charge is -2.15. The van der Waals surface area contributed by atoms with E-state index in [1.807, 2.05) is 38.1 Å². The van der Waals surface area contributed by atoms with E-state index in [2.05, 4.69) is 10.3 Å². The molecule has 1 heterocycles. The number of carbonyl (C=O) groups excluding carboxylic acids is 1. The molecule has 0 aliphatic rings. The molecule has 0 radical (unpaired) electrons. The lowest BCUT2D eigenvalue weighted by molar-refractivity contribution is 0.0941. The first-order valence-electron chi connectivity index (χ1n) is 7.51. The van der Waals surface area contributed by atoms with Gasteiger partial charge in [-0.15, -0.1) is 12.4 Å². The molecule has 1 atom stereocenters. The van der Waals surface area contributed by atoms with Gasteiger partial charge < -0.3 is 10.4 Å². The number of phenols is 1. The molecule has 124 valence electrons. The molecule has 0 aliphatic carbocycles. The number of benzene rings is 2. The van der Waals surface area contributed by atoms with Crippen molar-refractivity contribution in [1.29, 1.82) is 0 Å². The van der Waals surface area contributed by atoms with Crippen molar-refractivity contribution in [2.75, 3.05) is 0 Å². The number of pyridine rings is 1. The van der Waals surface area contributed by atoms with Crippen molar-refractivity contribution >= 4 is 29.2 Å². The maximum atomic E-state index is 12.7. The van der Waals surface area contributed by atoms with Crippen molar-refractivity contribution < 1.29 is 9.90 Å². The van der Waals surface area contributed by atoms with Gasteiger partial charge >= 0.3 is 0 Å². The predicted molar refractivity (Wildman–Crippen MR) is 97.7 cm³/mol. The van der Waals surface area contributed by atoms with Crippen LogP contribution in [0.1, 0.15) is 34.6 Å². The number of rotatable bonds is 3. The summed E-state index contributed by atoms with van der Waals surface area (Å²) in [4.78, 5) is 17.1. The maximum absolute atomic E-state index is 12.7. The third-order valence-corrected chi connectivity index (χ3v) is 3.83. The summed E-state index contributed by atoms with van der Waals surface area (Å²) in [7, 11) is 0. The highest BCUT2D eigenvalue weighted by atomic mass is 35.5. The molecule has 0 spiro atoms. The Hall–Kier alpha value is -2.59. The fourth-order valence-corrected chi connectivity index (χ4v) is 2.62. The van der Waals surface area contributed by atoms with E-state index in [9.17, 15) is 9.90 Å². The summed E-state index contributed by atoms with van der Waals surface area (Å²) < 4.78 is 0. The second kappa shape index (κ2) is 7.32. The number of nitrogens with one attached hydrogen (secondary N) is 1. The quantitative estimate of drug-likeness (QED) is 0.751. The Labute approximate surface area is 147 Å². The van der Waals surface area contributed by atoms with Crippen LogP contribution in [0.5, 0.6) is 5.75 Å². The van der Waals surface area contributed by atoms with Crippen LogP contribution < -0.4 is 5.32 Å². The number of amides is 1. The van der Waals surface area contributed by atoms with Crippen molar-refractivity contribution in [3.8, 4) is 5.75 Å². The third-order valence-electron chi connectivity index (χ3n) is 3.83. The van der Waals surface area contributed by atoms with Gasteiger partial charge in [-0.05, 0) is 43.7 Å². The topological polar surface area (TPSA) is 62.2 Å². The van der Waals surface area contributed by atoms with Gasteiger partial charge in [0.2, 0.25) is 0 Å². The molecule has 0 saturated carbocycles. The average molecular weight is 343 g/mol. The molecule has 1 aromatic heterocycles. The number of carbonyl (C=O) groups is 1. The number of aromatic nitrogens is 1. The molecular formula is C19H19ClN2O2. The van der Waals surface area contributed by atoms with Crippen LogP contribution in [0.15, 0.2) is 54.6 Å². The number of phenolic OH excluding ortho intramolecular Hbond substituents is 1. The minimum absolute atomic E-state index is 0. The van der Waals surface area contributed by atoms with E-state index in [0.717, 1.165) is 22.2 Å². The van der Waals surface area contributed by atoms with Crippen molar-refractivity contribution in [1.82, 2.24) is 10.3 Å². The summed E-state index contributed by atoms with van der Waals surface area (Å²) in [5, 5.41) is 13.2. The average Bonchev–Trinajstić information content (AvgIpc) is 2.54. The highest BCUT2D eigenvalue weighted by Crippen LogP contribution is 2.21. The molecule has 24 heavy (non-hydrogen) atoms. The first kappa shape index (κ1) is 17.8. The molecule has 0 unspecified atom stereocenters. The van der Waals surface area contributed by atoms with Crippen LogP contribution in [0, 0.1) is 6.92 Å². The lowest BCUT2D eigenvalue weighted by Crippen LogP contribution is -2.27. The van der Waals surface area contributed by atoms with E-state index in [1.165, 1.54) is 0 Å². The first-order chi connectivity index (χ1) is 11.0. The number of aromatic hydroxyl groups is 1. The number of hydrogen-bond donors (Lipinski definition) is 2. The van der Waals surface area contributed by atoms with E-state index in [1.54, 1.807) is 30.3 Å². The van der Waals surface area contributed by atoms with E-state index in [-0.39, 0.29) is 30.1 Å². The number of fused-ring (bicyclic) bond motifs is 1. The van der Waals surface area contributed by atoms with Crippen LogP contribution >= 0.6 is 12.4 Å². The normalized spacial score (nSPS) is 11.6. The highest BCUT2D eigenvalue weighted by molar-refractivity contribution is 6.06. The molecule has 0 aliphatic heterocycles. The number of para-hydroxylation sites is 1. The predicted octanol–water partition coefficient (Wildman–Crippen LogP) is 4.16. The smallest absolute Gasteiger partial charge is 0.252 e. The Balaban J connectivity index is 0.00000208. The zero-order valence-corrected chi connectivity index (χ0v) is 14.3. The van der Waals surface area contributed by atoms with E-state index in [4.69, 9.17) is 0 Å². The molecule has 0 saturated heterocycles. The van der Waals surface area contributed by atoms with E-state index >= 15 is 0 Å². The Morgan fingerprint density at radius 3 is 2.50 bits per heavy atom. The third kappa shape index (κ3) is 3.66. The van der Waals surface area contributed by atoms with Gasteiger partial charge in [-0.3, -0.25) is 9.78 Å². The van der Waals surface area contributed by atoms with Gasteiger partial charge in [0.1, 0.15) is 5.75 Å². The van der Waals surface area contributed by atoms with Crippen molar-refractivity contribution in [3.63, 3.8) is 0 Å². The zero-order valence-electron chi connectivity index (χ0n) is 13.5. The van der Waals surface area contributed by atoms with Gasteiger partial charge in [-0.1, -0.05) is 30.3 Å². The van der Waals surface area contributed by atoms with Crippen LogP contribution in [0.4, 0.5) is 0 Å². The first-order valence-corrected chi connectivity index (χ1v) is 7.51. The highest BCUT2D eigenvalue weighted by Gasteiger charge is 2.15. The second-order valence-corrected chi connectivity index (χ2v) is 5.62. The molecule has 0 fully saturated rings. The summed E-state index contributed by atoms with van der Waals surface area (Å²) in [5.74, 6) is 0.0790. The van der Waals surface area contributed by atoms with Crippen molar-refractivity contribution in [2.24, 2.45) is 0 Å². The minimum atomic E-state index is -0.157. The van der Waals surface area contributed by atoms with Crippen LogP contribution in [0.25, 0.3) is 10.9 Å². The fourth-order valence-electron chi connectivity index (χ4n) is 2.62. The van der Waals surface area contributed by atoms with Gasteiger partial charge in [0.05, 0.1) is 17.1 Å². The Kier molecular flexibility index (Phi) is 5.42. The van der Waals surface area contributed by atoms with E-state index in [0.29, 0.717) is 5.56 Å². The van der Waals surface area contributed by atoms with Crippen LogP contribution in [-0.4, -0.2) is 16.0 Å². The maximum Gasteiger partial charge on any atom is 0.252 e. The molecule has 2 N–H and O–H groups in total. The minimum Gasteiger partial charge on any atom is -0.508 e. The second-order valence-electron chi connectivity index (χ2n) is 5.62. The number of aryl methyl sites for hydroxylation is 1. The van der Waals surface area contributed by atoms with Crippen LogP contribution in [-0.2, 0) is 0 Å². The van der Waals surface area contributed by atoms with Gasteiger partial charge in [-0.2, -0.15) is 0 Å². The monoisotopic (exact) mass is 342 g/mol. The van der Waals surface area contributed by atoms with Crippen LogP contribution in [0.3, 0.4) is 0 Å². The summed E-state index contributed by atoms with van der Waals surface area (Å²) in [6.07, 6.45) is 0. The van der Waals surface area contributed by atoms with E-state index < -0.39 is 0 Å². The standard InChI is InChI=1S/C19H18N2O2.ClH/c1-12-11-17(16-5-3-4-6-18(16)20-12)19(23)21-13(2)14-7-9-15(22)10-8-14;/h3-11,13,22H,1-2H3,(H,21,23);1H/t13-;/m0./s1. The lowest BCUT2D eigenvalue weighted by atomic mass is 10.0. The number of nitrogens with zero attached hydrogens (tertiary/aromatic N) is 1. The summed E-state index contributed by atoms with van der Waals surface area (Å²) in [6, 6.07) is 16.1. The zero-order chi connectivity index (χ0) is 16.4. The number of halogens is 1. The Bertz CT molecular complexity index is 863. The summed E-state index contributed by atoms with van der Waals surface area (Å²) in [6.45, 7) is 3.80. The SMILES string of the molecule is Cc1cc(C(=O)N[C@@H](C)c2ccc(O)cc2)c2ccccc2n1.Cl. The van der Waals surface area contributed by atoms with Gasteiger partial charge in [0, 0.05) is 11.1 Å². The van der Waals surface area contributed by atoms with Crippen molar-refractivity contribution in [2.45, 2.75) is 19.9 Å². The molecule has 5 heteroatoms. The molecule has 0 bridgehead atoms. The Morgan fingerprint density at radius 1 is 1.12 bits per heavy atom. The number of hydrogen-bond acceptors (Lipinski definition) is 3. The molecule has 2 aromatic carbocycles. The Morgan fingerprint density at radius 2 is 1.79 bits per heavy atom. The summed E-state index contributed by atoms with van der Waals surface area (Å²) >= 11 is 0. The molecule has 1 amide bonds. The fraction of sp³-hybridized carbons (Fsp3) is 0.158. The summed E-state index contributed by atoms with van der Waals surface area (Å²) in [5.41, 5.74) is 3.19. The van der Waals surface area contributed by atoms with Crippen LogP contribution in [0.2, 0.25) is 0 Å². The van der Waals surface area contributed by atoms with Gasteiger partial charge in [0.25, 0.3) is 5.91 Å².